The van der Waals surface area contributed by atoms with Crippen molar-refractivity contribution in [3.8, 4) is 32.8 Å². The van der Waals surface area contributed by atoms with Crippen LogP contribution < -0.4 is 9.47 Å². The van der Waals surface area contributed by atoms with Crippen LogP contribution in [-0.2, 0) is 12.3 Å². The van der Waals surface area contributed by atoms with Crippen LogP contribution in [0.1, 0.15) is 19.0 Å². The van der Waals surface area contributed by atoms with E-state index in [2.05, 4.69) is 38.5 Å². The first-order chi connectivity index (χ1) is 14.3. The van der Waals surface area contributed by atoms with Crippen LogP contribution in [0.25, 0.3) is 21.3 Å². The molecule has 0 aliphatic carbocycles. The summed E-state index contributed by atoms with van der Waals surface area (Å²) in [5, 5.41) is 15.0. The molecular formula is C20H18N4O2S3. The molecular weight excluding hydrogens is 424 g/mol. The van der Waals surface area contributed by atoms with Gasteiger partial charge in [0, 0.05) is 23.2 Å². The molecule has 0 atom stereocenters. The first-order valence-corrected chi connectivity index (χ1v) is 12.0. The minimum atomic E-state index is 0.282. The van der Waals surface area contributed by atoms with Gasteiger partial charge in [-0.25, -0.2) is 4.98 Å². The summed E-state index contributed by atoms with van der Waals surface area (Å²) < 4.78 is 13.1. The fourth-order valence-electron chi connectivity index (χ4n) is 3.08. The summed E-state index contributed by atoms with van der Waals surface area (Å²) in [6.07, 6.45) is 1.04. The van der Waals surface area contributed by atoms with E-state index in [0.29, 0.717) is 0 Å². The fourth-order valence-corrected chi connectivity index (χ4v) is 5.58. The van der Waals surface area contributed by atoms with Crippen molar-refractivity contribution >= 4 is 34.4 Å². The zero-order valence-corrected chi connectivity index (χ0v) is 18.1. The van der Waals surface area contributed by atoms with Gasteiger partial charge in [-0.2, -0.15) is 0 Å². The third kappa shape index (κ3) is 3.77. The van der Waals surface area contributed by atoms with E-state index >= 15 is 0 Å². The molecule has 3 aromatic heterocycles. The molecule has 1 aromatic carbocycles. The van der Waals surface area contributed by atoms with Gasteiger partial charge in [0.05, 0.1) is 10.6 Å². The normalized spacial score (nSPS) is 12.6. The van der Waals surface area contributed by atoms with Crippen molar-refractivity contribution in [2.24, 2.45) is 0 Å². The van der Waals surface area contributed by atoms with Gasteiger partial charge in [0.15, 0.2) is 22.5 Å². The van der Waals surface area contributed by atoms with Gasteiger partial charge in [-0.15, -0.1) is 32.9 Å². The van der Waals surface area contributed by atoms with Gasteiger partial charge >= 0.3 is 0 Å². The summed E-state index contributed by atoms with van der Waals surface area (Å²) in [4.78, 5) is 5.95. The molecule has 6 nitrogen and oxygen atoms in total. The van der Waals surface area contributed by atoms with E-state index < -0.39 is 0 Å². The molecule has 0 unspecified atom stereocenters. The number of hydrogen-bond donors (Lipinski definition) is 0. The lowest BCUT2D eigenvalue weighted by Gasteiger charge is -2.07. The minimum absolute atomic E-state index is 0.282. The highest BCUT2D eigenvalue weighted by atomic mass is 32.2. The minimum Gasteiger partial charge on any atom is -0.454 e. The molecule has 1 aliphatic rings. The number of nitrogens with zero attached hydrogens (tertiary/aromatic N) is 4. The van der Waals surface area contributed by atoms with E-state index in [1.54, 1.807) is 34.4 Å². The number of hydrogen-bond acceptors (Lipinski definition) is 8. The average Bonchev–Trinajstić information content (AvgIpc) is 3.53. The Labute approximate surface area is 180 Å². The molecule has 4 heterocycles. The Morgan fingerprint density at radius 3 is 2.93 bits per heavy atom. The van der Waals surface area contributed by atoms with Crippen molar-refractivity contribution in [2.45, 2.75) is 30.8 Å². The Hall–Kier alpha value is -2.36. The molecule has 9 heteroatoms. The van der Waals surface area contributed by atoms with Crippen LogP contribution in [0.5, 0.6) is 11.5 Å². The van der Waals surface area contributed by atoms with Crippen molar-refractivity contribution in [3.05, 3.63) is 46.8 Å². The molecule has 0 N–H and O–H groups in total. The Kier molecular flexibility index (Phi) is 5.26. The SMILES string of the molecule is CCCn1c(SCc2csc(-c3ccc4c(c3)OCO4)n2)nnc1-c1cccs1. The van der Waals surface area contributed by atoms with Gasteiger partial charge in [0.25, 0.3) is 0 Å². The number of ether oxygens (including phenoxy) is 2. The molecule has 5 rings (SSSR count). The lowest BCUT2D eigenvalue weighted by atomic mass is 10.2. The molecule has 1 aliphatic heterocycles. The summed E-state index contributed by atoms with van der Waals surface area (Å²) in [5.74, 6) is 3.27. The van der Waals surface area contributed by atoms with Gasteiger partial charge in [-0.05, 0) is 36.1 Å². The molecule has 4 aromatic rings. The Balaban J connectivity index is 1.32. The van der Waals surface area contributed by atoms with Gasteiger partial charge < -0.3 is 14.0 Å². The molecule has 0 fully saturated rings. The highest BCUT2D eigenvalue weighted by Gasteiger charge is 2.17. The maximum atomic E-state index is 5.48. The Bertz CT molecular complexity index is 1120. The summed E-state index contributed by atoms with van der Waals surface area (Å²) in [5.41, 5.74) is 2.08. The summed E-state index contributed by atoms with van der Waals surface area (Å²) in [7, 11) is 0. The third-order valence-electron chi connectivity index (χ3n) is 4.43. The largest absolute Gasteiger partial charge is 0.454 e. The van der Waals surface area contributed by atoms with E-state index in [9.17, 15) is 0 Å². The second kappa shape index (κ2) is 8.17. The van der Waals surface area contributed by atoms with Gasteiger partial charge in [0.2, 0.25) is 6.79 Å². The molecule has 29 heavy (non-hydrogen) atoms. The van der Waals surface area contributed by atoms with Crippen LogP contribution in [0, 0.1) is 0 Å². The van der Waals surface area contributed by atoms with E-state index in [0.717, 1.165) is 62.3 Å². The van der Waals surface area contributed by atoms with E-state index in [1.807, 2.05) is 24.3 Å². The van der Waals surface area contributed by atoms with Crippen molar-refractivity contribution in [1.82, 2.24) is 19.7 Å². The van der Waals surface area contributed by atoms with Crippen LogP contribution in [0.2, 0.25) is 0 Å². The van der Waals surface area contributed by atoms with Crippen LogP contribution in [0.4, 0.5) is 0 Å². The van der Waals surface area contributed by atoms with E-state index in [-0.39, 0.29) is 6.79 Å². The number of aromatic nitrogens is 4. The molecule has 0 saturated heterocycles. The summed E-state index contributed by atoms with van der Waals surface area (Å²) in [6.45, 7) is 3.36. The maximum absolute atomic E-state index is 5.48. The molecule has 0 amide bonds. The van der Waals surface area contributed by atoms with Gasteiger partial charge in [-0.3, -0.25) is 0 Å². The lowest BCUT2D eigenvalue weighted by molar-refractivity contribution is 0.174. The van der Waals surface area contributed by atoms with Crippen LogP contribution in [0.15, 0.2) is 46.2 Å². The Morgan fingerprint density at radius 1 is 1.14 bits per heavy atom. The number of thiophene rings is 1. The van der Waals surface area contributed by atoms with Crippen LogP contribution in [-0.4, -0.2) is 26.5 Å². The second-order valence-corrected chi connectivity index (χ2v) is 9.18. The monoisotopic (exact) mass is 442 g/mol. The number of thioether (sulfide) groups is 1. The van der Waals surface area contributed by atoms with E-state index in [4.69, 9.17) is 14.5 Å². The highest BCUT2D eigenvalue weighted by Crippen LogP contribution is 2.37. The smallest absolute Gasteiger partial charge is 0.231 e. The molecule has 0 spiro atoms. The first kappa shape index (κ1) is 18.7. The van der Waals surface area contributed by atoms with Crippen molar-refractivity contribution in [2.75, 3.05) is 6.79 Å². The number of fused-ring (bicyclic) bond motifs is 1. The van der Waals surface area contributed by atoms with Gasteiger partial charge in [-0.1, -0.05) is 24.8 Å². The highest BCUT2D eigenvalue weighted by molar-refractivity contribution is 7.98. The van der Waals surface area contributed by atoms with Crippen LogP contribution in [0.3, 0.4) is 0 Å². The second-order valence-electron chi connectivity index (χ2n) is 6.44. The number of thiazole rings is 1. The maximum Gasteiger partial charge on any atom is 0.231 e. The molecule has 148 valence electrons. The van der Waals surface area contributed by atoms with E-state index in [1.165, 1.54) is 0 Å². The number of rotatable bonds is 7. The Morgan fingerprint density at radius 2 is 2.07 bits per heavy atom. The fraction of sp³-hybridized carbons (Fsp3) is 0.250. The third-order valence-corrected chi connectivity index (χ3v) is 7.23. The average molecular weight is 443 g/mol. The van der Waals surface area contributed by atoms with Crippen molar-refractivity contribution in [1.29, 1.82) is 0 Å². The lowest BCUT2D eigenvalue weighted by Crippen LogP contribution is -2.01. The quantitative estimate of drug-likeness (QED) is 0.349. The van der Waals surface area contributed by atoms with Crippen molar-refractivity contribution < 1.29 is 9.47 Å². The van der Waals surface area contributed by atoms with Crippen LogP contribution >= 0.6 is 34.4 Å². The molecule has 0 bridgehead atoms. The number of benzene rings is 1. The first-order valence-electron chi connectivity index (χ1n) is 9.26. The van der Waals surface area contributed by atoms with Crippen molar-refractivity contribution in [3.63, 3.8) is 0 Å². The predicted octanol–water partition coefficient (Wildman–Crippen LogP) is 5.56. The molecule has 0 radical (unpaired) electrons. The zero-order valence-electron chi connectivity index (χ0n) is 15.7. The molecule has 0 saturated carbocycles. The standard InChI is InChI=1S/C20H18N4O2S3/c1-2-7-24-18(17-4-3-8-27-17)22-23-20(24)29-11-14-10-28-19(21-14)13-5-6-15-16(9-13)26-12-25-15/h3-6,8-10H,2,7,11-12H2,1H3. The topological polar surface area (TPSA) is 62.1 Å². The summed E-state index contributed by atoms with van der Waals surface area (Å²) in [6, 6.07) is 10.1. The zero-order chi connectivity index (χ0) is 19.6. The summed E-state index contributed by atoms with van der Waals surface area (Å²) >= 11 is 5.01. The van der Waals surface area contributed by atoms with Gasteiger partial charge in [0.1, 0.15) is 5.01 Å². The predicted molar refractivity (Wildman–Crippen MR) is 117 cm³/mol.